The molecule has 0 bridgehead atoms. The lowest BCUT2D eigenvalue weighted by Gasteiger charge is -2.32. The van der Waals surface area contributed by atoms with Gasteiger partial charge in [0.25, 0.3) is 0 Å². The highest BCUT2D eigenvalue weighted by molar-refractivity contribution is 5.42. The number of nitrogens with two attached hydrogens (primary N) is 1. The van der Waals surface area contributed by atoms with E-state index in [0.29, 0.717) is 5.82 Å². The number of hydrogen-bond donors (Lipinski definition) is 1. The molecule has 0 amide bonds. The van der Waals surface area contributed by atoms with E-state index in [-0.39, 0.29) is 5.60 Å². The molecule has 0 saturated carbocycles. The Kier molecular flexibility index (Phi) is 3.33. The van der Waals surface area contributed by atoms with Crippen LogP contribution < -0.4 is 5.73 Å². The second-order valence-electron chi connectivity index (χ2n) is 4.89. The van der Waals surface area contributed by atoms with Gasteiger partial charge in [0, 0.05) is 17.9 Å². The van der Waals surface area contributed by atoms with Crippen molar-refractivity contribution in [2.24, 2.45) is 0 Å². The molecular formula is C13H21N3O. The van der Waals surface area contributed by atoms with Crippen molar-refractivity contribution in [3.63, 3.8) is 0 Å². The van der Waals surface area contributed by atoms with Gasteiger partial charge in [0.05, 0.1) is 0 Å². The number of hydrogen-bond acceptors (Lipinski definition) is 4. The van der Waals surface area contributed by atoms with E-state index in [1.54, 1.807) is 0 Å². The summed E-state index contributed by atoms with van der Waals surface area (Å²) in [5.74, 6) is 1.34. The third kappa shape index (κ3) is 2.27. The topological polar surface area (TPSA) is 61.0 Å². The third-order valence-corrected chi connectivity index (χ3v) is 3.54. The Morgan fingerprint density at radius 1 is 1.35 bits per heavy atom. The lowest BCUT2D eigenvalue weighted by Crippen LogP contribution is -2.33. The van der Waals surface area contributed by atoms with E-state index in [9.17, 15) is 0 Å². The molecular weight excluding hydrogens is 214 g/mol. The van der Waals surface area contributed by atoms with Gasteiger partial charge < -0.3 is 10.5 Å². The fraction of sp³-hybridized carbons (Fsp3) is 0.692. The van der Waals surface area contributed by atoms with Gasteiger partial charge in [0.15, 0.2) is 5.82 Å². The standard InChI is InChI=1S/C13H21N3O/c1-4-10-9(2)15-12(16-11(10)14)13(3)7-5-6-8-17-13/h4-8H2,1-3H3,(H2,14,15,16). The number of anilines is 1. The highest BCUT2D eigenvalue weighted by Crippen LogP contribution is 2.33. The average Bonchev–Trinajstić information content (AvgIpc) is 2.29. The van der Waals surface area contributed by atoms with Gasteiger partial charge in [-0.05, 0) is 39.5 Å². The Balaban J connectivity index is 2.39. The largest absolute Gasteiger partial charge is 0.383 e. The smallest absolute Gasteiger partial charge is 0.162 e. The molecule has 1 atom stereocenters. The van der Waals surface area contributed by atoms with Crippen molar-refractivity contribution in [3.05, 3.63) is 17.1 Å². The first-order valence-corrected chi connectivity index (χ1v) is 6.34. The van der Waals surface area contributed by atoms with Crippen LogP contribution in [0, 0.1) is 6.92 Å². The van der Waals surface area contributed by atoms with Gasteiger partial charge >= 0.3 is 0 Å². The van der Waals surface area contributed by atoms with Crippen molar-refractivity contribution < 1.29 is 4.74 Å². The van der Waals surface area contributed by atoms with Gasteiger partial charge in [0.2, 0.25) is 0 Å². The first-order chi connectivity index (χ1) is 8.07. The van der Waals surface area contributed by atoms with Gasteiger partial charge in [0.1, 0.15) is 11.4 Å². The molecule has 1 aliphatic rings. The molecule has 0 radical (unpaired) electrons. The summed E-state index contributed by atoms with van der Waals surface area (Å²) in [6.07, 6.45) is 4.12. The molecule has 1 unspecified atom stereocenters. The van der Waals surface area contributed by atoms with Crippen LogP contribution in [0.5, 0.6) is 0 Å². The highest BCUT2D eigenvalue weighted by Gasteiger charge is 2.33. The molecule has 2 heterocycles. The second-order valence-corrected chi connectivity index (χ2v) is 4.89. The fourth-order valence-electron chi connectivity index (χ4n) is 2.40. The van der Waals surface area contributed by atoms with E-state index in [1.807, 2.05) is 6.92 Å². The normalized spacial score (nSPS) is 24.9. The quantitative estimate of drug-likeness (QED) is 0.854. The number of aromatic nitrogens is 2. The third-order valence-electron chi connectivity index (χ3n) is 3.54. The molecule has 1 saturated heterocycles. The van der Waals surface area contributed by atoms with E-state index >= 15 is 0 Å². The molecule has 17 heavy (non-hydrogen) atoms. The minimum absolute atomic E-state index is 0.358. The summed E-state index contributed by atoms with van der Waals surface area (Å²) in [6.45, 7) is 6.91. The van der Waals surface area contributed by atoms with Crippen molar-refractivity contribution in [2.75, 3.05) is 12.3 Å². The van der Waals surface area contributed by atoms with Crippen LogP contribution in [0.4, 0.5) is 5.82 Å². The summed E-state index contributed by atoms with van der Waals surface area (Å²) in [6, 6.07) is 0. The van der Waals surface area contributed by atoms with Crippen LogP contribution in [0.25, 0.3) is 0 Å². The molecule has 1 aliphatic heterocycles. The molecule has 2 rings (SSSR count). The molecule has 0 spiro atoms. The van der Waals surface area contributed by atoms with Crippen molar-refractivity contribution in [3.8, 4) is 0 Å². The van der Waals surface area contributed by atoms with Gasteiger partial charge in [-0.1, -0.05) is 6.92 Å². The molecule has 1 aromatic heterocycles. The van der Waals surface area contributed by atoms with Crippen molar-refractivity contribution >= 4 is 5.82 Å². The van der Waals surface area contributed by atoms with E-state index in [0.717, 1.165) is 49.4 Å². The number of nitrogens with zero attached hydrogens (tertiary/aromatic N) is 2. The maximum atomic E-state index is 5.99. The maximum absolute atomic E-state index is 5.99. The zero-order chi connectivity index (χ0) is 12.5. The summed E-state index contributed by atoms with van der Waals surface area (Å²) < 4.78 is 5.85. The van der Waals surface area contributed by atoms with E-state index < -0.39 is 0 Å². The van der Waals surface area contributed by atoms with E-state index in [4.69, 9.17) is 10.5 Å². The summed E-state index contributed by atoms with van der Waals surface area (Å²) in [5.41, 5.74) is 7.66. The number of ether oxygens (including phenoxy) is 1. The van der Waals surface area contributed by atoms with Gasteiger partial charge in [-0.3, -0.25) is 0 Å². The van der Waals surface area contributed by atoms with Gasteiger partial charge in [-0.2, -0.15) is 0 Å². The summed E-state index contributed by atoms with van der Waals surface area (Å²) in [4.78, 5) is 9.03. The van der Waals surface area contributed by atoms with Gasteiger partial charge in [-0.25, -0.2) is 9.97 Å². The molecule has 0 aromatic carbocycles. The summed E-state index contributed by atoms with van der Waals surface area (Å²) in [7, 11) is 0. The van der Waals surface area contributed by atoms with Crippen LogP contribution in [0.2, 0.25) is 0 Å². The average molecular weight is 235 g/mol. The Morgan fingerprint density at radius 2 is 2.12 bits per heavy atom. The molecule has 2 N–H and O–H groups in total. The molecule has 4 nitrogen and oxygen atoms in total. The van der Waals surface area contributed by atoms with Crippen LogP contribution in [0.1, 0.15) is 50.2 Å². The first-order valence-electron chi connectivity index (χ1n) is 6.34. The predicted octanol–water partition coefficient (Wildman–Crippen LogP) is 2.35. The zero-order valence-corrected chi connectivity index (χ0v) is 10.9. The number of aryl methyl sites for hydroxylation is 1. The molecule has 0 aliphatic carbocycles. The zero-order valence-electron chi connectivity index (χ0n) is 10.9. The minimum atomic E-state index is -0.358. The SMILES string of the molecule is CCc1c(C)nc(C2(C)CCCCO2)nc1N. The van der Waals surface area contributed by atoms with Crippen LogP contribution in [0.15, 0.2) is 0 Å². The predicted molar refractivity (Wildman–Crippen MR) is 67.7 cm³/mol. The maximum Gasteiger partial charge on any atom is 0.162 e. The van der Waals surface area contributed by atoms with E-state index in [2.05, 4.69) is 23.8 Å². The minimum Gasteiger partial charge on any atom is -0.383 e. The Morgan fingerprint density at radius 3 is 2.65 bits per heavy atom. The van der Waals surface area contributed by atoms with Crippen LogP contribution >= 0.6 is 0 Å². The van der Waals surface area contributed by atoms with Gasteiger partial charge in [-0.15, -0.1) is 0 Å². The van der Waals surface area contributed by atoms with Crippen LogP contribution in [0.3, 0.4) is 0 Å². The molecule has 1 fully saturated rings. The Hall–Kier alpha value is -1.16. The van der Waals surface area contributed by atoms with Crippen LogP contribution in [-0.2, 0) is 16.8 Å². The first kappa shape index (κ1) is 12.3. The number of nitrogen functional groups attached to an aromatic ring is 1. The monoisotopic (exact) mass is 235 g/mol. The molecule has 4 heteroatoms. The lowest BCUT2D eigenvalue weighted by molar-refractivity contribution is -0.0760. The second kappa shape index (κ2) is 4.61. The van der Waals surface area contributed by atoms with Crippen molar-refractivity contribution in [1.82, 2.24) is 9.97 Å². The fourth-order valence-corrected chi connectivity index (χ4v) is 2.40. The van der Waals surface area contributed by atoms with Crippen molar-refractivity contribution in [1.29, 1.82) is 0 Å². The molecule has 94 valence electrons. The lowest BCUT2D eigenvalue weighted by atomic mass is 9.94. The molecule has 1 aromatic rings. The highest BCUT2D eigenvalue weighted by atomic mass is 16.5. The number of rotatable bonds is 2. The Labute approximate surface area is 103 Å². The Bertz CT molecular complexity index is 388. The van der Waals surface area contributed by atoms with E-state index in [1.165, 1.54) is 0 Å². The van der Waals surface area contributed by atoms with Crippen molar-refractivity contribution in [2.45, 2.75) is 52.1 Å². The van der Waals surface area contributed by atoms with Crippen LogP contribution in [-0.4, -0.2) is 16.6 Å². The summed E-state index contributed by atoms with van der Waals surface area (Å²) in [5, 5.41) is 0. The summed E-state index contributed by atoms with van der Waals surface area (Å²) >= 11 is 0.